The number of aromatic nitrogens is 3. The summed E-state index contributed by atoms with van der Waals surface area (Å²) in [6, 6.07) is 7.62. The molecule has 0 aliphatic heterocycles. The van der Waals surface area contributed by atoms with Crippen LogP contribution in [0.3, 0.4) is 0 Å². The average molecular weight is 253 g/mol. The Morgan fingerprint density at radius 3 is 2.30 bits per heavy atom. The third-order valence-corrected chi connectivity index (χ3v) is 3.73. The highest BCUT2D eigenvalue weighted by molar-refractivity contribution is 6.53. The van der Waals surface area contributed by atoms with Crippen LogP contribution >= 0.6 is 0 Å². The molecule has 6 heteroatoms. The first-order valence-corrected chi connectivity index (χ1v) is 6.26. The van der Waals surface area contributed by atoms with Crippen LogP contribution in [0.4, 0.5) is 0 Å². The molecule has 90 valence electrons. The quantitative estimate of drug-likeness (QED) is 0.543. The topological polar surface area (TPSA) is 30.7 Å². The molecule has 2 aromatic carbocycles. The Kier molecular flexibility index (Phi) is 2.96. The Morgan fingerprint density at radius 1 is 0.900 bits per heavy atom. The first-order chi connectivity index (χ1) is 9.52. The lowest BCUT2D eigenvalue weighted by Gasteiger charge is -2.19. The lowest BCUT2D eigenvalue weighted by molar-refractivity contribution is 0.830. The summed E-state index contributed by atoms with van der Waals surface area (Å²) in [5, 5.41) is 8.27. The van der Waals surface area contributed by atoms with Crippen molar-refractivity contribution in [2.75, 3.05) is 0 Å². The Hall–Kier alpha value is -1.97. The molecule has 0 saturated heterocycles. The zero-order valence-corrected chi connectivity index (χ0v) is 11.4. The van der Waals surface area contributed by atoms with Crippen LogP contribution in [0, 0.1) is 13.8 Å². The van der Waals surface area contributed by atoms with E-state index in [1.165, 1.54) is 0 Å². The van der Waals surface area contributed by atoms with Crippen molar-refractivity contribution in [3.8, 4) is 5.69 Å². The van der Waals surface area contributed by atoms with E-state index in [4.69, 9.17) is 23.5 Å². The van der Waals surface area contributed by atoms with Crippen molar-refractivity contribution in [2.24, 2.45) is 0 Å². The van der Waals surface area contributed by atoms with Crippen molar-refractivity contribution >= 4 is 51.0 Å². The van der Waals surface area contributed by atoms with Gasteiger partial charge in [-0.2, -0.15) is 0 Å². The molecule has 0 spiro atoms. The number of fused-ring (bicyclic) bond motifs is 1. The second kappa shape index (κ2) is 4.55. The molecular formula is C14H10B3N3. The summed E-state index contributed by atoms with van der Waals surface area (Å²) in [5.74, 6) is 0. The number of nitrogens with zero attached hydrogens (tertiary/aromatic N) is 3. The second-order valence-electron chi connectivity index (χ2n) is 4.83. The molecule has 0 aliphatic carbocycles. The zero-order chi connectivity index (χ0) is 14.4. The van der Waals surface area contributed by atoms with Gasteiger partial charge < -0.3 is 0 Å². The molecule has 1 aromatic heterocycles. The van der Waals surface area contributed by atoms with Crippen LogP contribution in [0.1, 0.15) is 11.1 Å². The number of para-hydroxylation sites is 1. The SMILES string of the molecule is [B]c1c([B])c(-n2nnc3ccccc32)c([B])c(C)c1C. The Balaban J connectivity index is 2.41. The van der Waals surface area contributed by atoms with Crippen molar-refractivity contribution in [1.82, 2.24) is 15.0 Å². The highest BCUT2D eigenvalue weighted by Gasteiger charge is 2.15. The minimum absolute atomic E-state index is 0.432. The number of rotatable bonds is 1. The molecule has 0 bridgehead atoms. The second-order valence-corrected chi connectivity index (χ2v) is 4.83. The summed E-state index contributed by atoms with van der Waals surface area (Å²) in [6.45, 7) is 3.82. The lowest BCUT2D eigenvalue weighted by Crippen LogP contribution is -2.39. The predicted octanol–water partition coefficient (Wildman–Crippen LogP) is -0.581. The fraction of sp³-hybridized carbons (Fsp3) is 0.143. The van der Waals surface area contributed by atoms with Crippen LogP contribution < -0.4 is 16.4 Å². The summed E-state index contributed by atoms with van der Waals surface area (Å²) in [4.78, 5) is 0. The van der Waals surface area contributed by atoms with Gasteiger partial charge in [-0.05, 0) is 26.0 Å². The maximum absolute atomic E-state index is 6.21. The molecule has 0 aliphatic rings. The summed E-state index contributed by atoms with van der Waals surface area (Å²) >= 11 is 0. The fourth-order valence-corrected chi connectivity index (χ4v) is 2.32. The molecule has 3 rings (SSSR count). The van der Waals surface area contributed by atoms with Crippen molar-refractivity contribution in [3.63, 3.8) is 0 Å². The van der Waals surface area contributed by atoms with E-state index in [1.54, 1.807) is 4.68 Å². The minimum Gasteiger partial charge on any atom is -0.214 e. The van der Waals surface area contributed by atoms with Gasteiger partial charge in [0, 0.05) is 0 Å². The molecular weight excluding hydrogens is 243 g/mol. The fourth-order valence-electron chi connectivity index (χ4n) is 2.32. The number of benzene rings is 2. The third kappa shape index (κ3) is 1.71. The first kappa shape index (κ1) is 13.0. The summed E-state index contributed by atoms with van der Waals surface area (Å²) in [6.07, 6.45) is 0. The van der Waals surface area contributed by atoms with E-state index >= 15 is 0 Å². The number of hydrogen-bond donors (Lipinski definition) is 0. The monoisotopic (exact) mass is 253 g/mol. The lowest BCUT2D eigenvalue weighted by atomic mass is 9.70. The van der Waals surface area contributed by atoms with E-state index in [1.807, 2.05) is 38.1 Å². The predicted molar refractivity (Wildman–Crippen MR) is 84.5 cm³/mol. The molecule has 3 aromatic rings. The van der Waals surface area contributed by atoms with Crippen LogP contribution in [0.2, 0.25) is 0 Å². The molecule has 20 heavy (non-hydrogen) atoms. The van der Waals surface area contributed by atoms with Crippen molar-refractivity contribution < 1.29 is 0 Å². The Morgan fingerprint density at radius 2 is 1.55 bits per heavy atom. The normalized spacial score (nSPS) is 11.1. The molecule has 3 nitrogen and oxygen atoms in total. The van der Waals surface area contributed by atoms with Gasteiger partial charge in [0.1, 0.15) is 29.1 Å². The van der Waals surface area contributed by atoms with Crippen LogP contribution in [-0.2, 0) is 0 Å². The molecule has 1 heterocycles. The minimum atomic E-state index is 0.432. The maximum atomic E-state index is 6.21. The molecule has 0 atom stereocenters. The van der Waals surface area contributed by atoms with Crippen LogP contribution in [0.5, 0.6) is 0 Å². The van der Waals surface area contributed by atoms with Gasteiger partial charge in [0.05, 0.1) is 11.2 Å². The van der Waals surface area contributed by atoms with E-state index in [9.17, 15) is 0 Å². The zero-order valence-electron chi connectivity index (χ0n) is 11.4. The van der Waals surface area contributed by atoms with Gasteiger partial charge in [0.2, 0.25) is 0 Å². The van der Waals surface area contributed by atoms with Crippen LogP contribution in [0.25, 0.3) is 16.7 Å². The van der Waals surface area contributed by atoms with Gasteiger partial charge >= 0.3 is 0 Å². The van der Waals surface area contributed by atoms with Gasteiger partial charge in [0.15, 0.2) is 0 Å². The van der Waals surface area contributed by atoms with Crippen LogP contribution in [0.15, 0.2) is 24.3 Å². The molecule has 0 unspecified atom stereocenters. The van der Waals surface area contributed by atoms with Gasteiger partial charge in [-0.1, -0.05) is 44.9 Å². The standard InChI is InChI=1S/C14H10B3N3/c1-7-8(2)12(16)14(13(17)11(7)15)20-10-6-4-3-5-9(10)18-19-20/h3-6H,1-2H3. The molecule has 0 fully saturated rings. The molecule has 0 N–H and O–H groups in total. The summed E-state index contributed by atoms with van der Waals surface area (Å²) < 4.78 is 1.64. The largest absolute Gasteiger partial charge is 0.214 e. The van der Waals surface area contributed by atoms with E-state index < -0.39 is 0 Å². The number of hydrogen-bond acceptors (Lipinski definition) is 2. The van der Waals surface area contributed by atoms with Gasteiger partial charge in [0.25, 0.3) is 0 Å². The summed E-state index contributed by atoms with van der Waals surface area (Å²) in [7, 11) is 18.4. The van der Waals surface area contributed by atoms with Crippen LogP contribution in [-0.4, -0.2) is 38.5 Å². The van der Waals surface area contributed by atoms with Crippen molar-refractivity contribution in [3.05, 3.63) is 35.4 Å². The highest BCUT2D eigenvalue weighted by Crippen LogP contribution is 2.14. The van der Waals surface area contributed by atoms with Gasteiger partial charge in [-0.25, -0.2) is 4.68 Å². The molecule has 0 amide bonds. The Labute approximate surface area is 121 Å². The third-order valence-electron chi connectivity index (χ3n) is 3.73. The molecule has 6 radical (unpaired) electrons. The van der Waals surface area contributed by atoms with E-state index in [0.717, 1.165) is 22.2 Å². The Bertz CT molecular complexity index is 795. The molecule has 0 saturated carbocycles. The smallest absolute Gasteiger partial charge is 0.117 e. The van der Waals surface area contributed by atoms with Gasteiger partial charge in [-0.3, -0.25) is 0 Å². The van der Waals surface area contributed by atoms with Gasteiger partial charge in [-0.15, -0.1) is 5.10 Å². The maximum Gasteiger partial charge on any atom is 0.117 e. The highest BCUT2D eigenvalue weighted by atomic mass is 15.4. The van der Waals surface area contributed by atoms with Crippen molar-refractivity contribution in [1.29, 1.82) is 0 Å². The first-order valence-electron chi connectivity index (χ1n) is 6.26. The van der Waals surface area contributed by atoms with E-state index in [2.05, 4.69) is 10.3 Å². The average Bonchev–Trinajstić information content (AvgIpc) is 2.87. The van der Waals surface area contributed by atoms with Crippen molar-refractivity contribution in [2.45, 2.75) is 13.8 Å². The van der Waals surface area contributed by atoms with E-state index in [0.29, 0.717) is 22.1 Å². The van der Waals surface area contributed by atoms with E-state index in [-0.39, 0.29) is 0 Å². The summed E-state index contributed by atoms with van der Waals surface area (Å²) in [5.41, 5.74) is 5.56.